The molecule has 1 aliphatic heterocycles. The number of amides is 2. The van der Waals surface area contributed by atoms with Crippen LogP contribution in [0.4, 0.5) is 4.79 Å². The van der Waals surface area contributed by atoms with E-state index in [9.17, 15) is 9.59 Å². The van der Waals surface area contributed by atoms with Gasteiger partial charge in [0.15, 0.2) is 0 Å². The molecule has 1 fully saturated rings. The van der Waals surface area contributed by atoms with Crippen molar-refractivity contribution in [1.82, 2.24) is 10.2 Å². The number of carbonyl (C=O) groups is 2. The highest BCUT2D eigenvalue weighted by atomic mass is 16.4. The summed E-state index contributed by atoms with van der Waals surface area (Å²) in [4.78, 5) is 24.6. The summed E-state index contributed by atoms with van der Waals surface area (Å²) < 4.78 is 0. The average Bonchev–Trinajstić information content (AvgIpc) is 2.60. The molecule has 2 N–H and O–H groups in total. The van der Waals surface area contributed by atoms with Crippen molar-refractivity contribution in [3.63, 3.8) is 0 Å². The summed E-state index contributed by atoms with van der Waals surface area (Å²) in [6.07, 6.45) is 3.34. The predicted octanol–water partition coefficient (Wildman–Crippen LogP) is 2.96. The van der Waals surface area contributed by atoms with Gasteiger partial charge in [0.25, 0.3) is 0 Å². The van der Waals surface area contributed by atoms with E-state index >= 15 is 0 Å². The van der Waals surface area contributed by atoms with Crippen LogP contribution in [0.1, 0.15) is 53.4 Å². The van der Waals surface area contributed by atoms with E-state index < -0.39 is 5.97 Å². The van der Waals surface area contributed by atoms with Crippen LogP contribution in [0.3, 0.4) is 0 Å². The zero-order valence-corrected chi connectivity index (χ0v) is 13.8. The molecule has 2 unspecified atom stereocenters. The van der Waals surface area contributed by atoms with Crippen molar-refractivity contribution in [3.8, 4) is 0 Å². The van der Waals surface area contributed by atoms with Crippen molar-refractivity contribution in [1.29, 1.82) is 0 Å². The first-order valence-electron chi connectivity index (χ1n) is 7.94. The third-order valence-electron chi connectivity index (χ3n) is 4.36. The van der Waals surface area contributed by atoms with Crippen molar-refractivity contribution in [2.45, 2.75) is 53.4 Å². The molecule has 2 amide bonds. The van der Waals surface area contributed by atoms with Crippen LogP contribution in [0.5, 0.6) is 0 Å². The number of likely N-dealkylation sites (tertiary alicyclic amines) is 1. The van der Waals surface area contributed by atoms with Crippen LogP contribution in [0.2, 0.25) is 0 Å². The highest BCUT2D eigenvalue weighted by Crippen LogP contribution is 2.34. The summed E-state index contributed by atoms with van der Waals surface area (Å²) in [5.41, 5.74) is 0.294. The van der Waals surface area contributed by atoms with Crippen LogP contribution >= 0.6 is 0 Å². The summed E-state index contributed by atoms with van der Waals surface area (Å²) in [6.45, 7) is 10.6. The Morgan fingerprint density at radius 3 is 2.52 bits per heavy atom. The molecular weight excluding hydrogens is 268 g/mol. The molecule has 1 heterocycles. The quantitative estimate of drug-likeness (QED) is 0.838. The number of hydrogen-bond donors (Lipinski definition) is 2. The number of hydrogen-bond acceptors (Lipinski definition) is 2. The first kappa shape index (κ1) is 17.8. The molecule has 0 bridgehead atoms. The topological polar surface area (TPSA) is 69.6 Å². The fraction of sp³-hybridized carbons (Fsp3) is 0.875. The molecule has 0 spiro atoms. The minimum atomic E-state index is -0.820. The van der Waals surface area contributed by atoms with Gasteiger partial charge in [-0.25, -0.2) is 4.79 Å². The standard InChI is InChI=1S/C16H30N2O3/c1-12(10-14(19)20)11-17-15(21)18-8-5-6-13(7-9-18)16(2,3)4/h12-13H,5-11H2,1-4H3,(H,17,21)(H,19,20). The largest absolute Gasteiger partial charge is 0.481 e. The average molecular weight is 298 g/mol. The second-order valence-electron chi connectivity index (χ2n) is 7.37. The van der Waals surface area contributed by atoms with Crippen LogP contribution in [-0.4, -0.2) is 41.6 Å². The van der Waals surface area contributed by atoms with Crippen LogP contribution < -0.4 is 5.32 Å². The van der Waals surface area contributed by atoms with Crippen LogP contribution in [0.15, 0.2) is 0 Å². The first-order valence-corrected chi connectivity index (χ1v) is 7.94. The number of nitrogens with one attached hydrogen (secondary N) is 1. The molecule has 1 saturated heterocycles. The van der Waals surface area contributed by atoms with Crippen LogP contribution in [0.25, 0.3) is 0 Å². The van der Waals surface area contributed by atoms with Gasteiger partial charge in [-0.15, -0.1) is 0 Å². The van der Waals surface area contributed by atoms with Gasteiger partial charge in [-0.3, -0.25) is 4.79 Å². The van der Waals surface area contributed by atoms with Crippen molar-refractivity contribution in [2.24, 2.45) is 17.3 Å². The molecule has 2 atom stereocenters. The van der Waals surface area contributed by atoms with Gasteiger partial charge in [0.2, 0.25) is 0 Å². The Labute approximate surface area is 128 Å². The maximum Gasteiger partial charge on any atom is 0.317 e. The maximum absolute atomic E-state index is 12.2. The Hall–Kier alpha value is -1.26. The summed E-state index contributed by atoms with van der Waals surface area (Å²) in [6, 6.07) is -0.0539. The third-order valence-corrected chi connectivity index (χ3v) is 4.36. The summed E-state index contributed by atoms with van der Waals surface area (Å²) in [5, 5.41) is 11.6. The van der Waals surface area contributed by atoms with E-state index in [1.807, 2.05) is 11.8 Å². The van der Waals surface area contributed by atoms with Gasteiger partial charge >= 0.3 is 12.0 Å². The molecule has 21 heavy (non-hydrogen) atoms. The highest BCUT2D eigenvalue weighted by molar-refractivity contribution is 5.74. The lowest BCUT2D eigenvalue weighted by Crippen LogP contribution is -2.42. The number of carbonyl (C=O) groups excluding carboxylic acids is 1. The molecule has 0 saturated carbocycles. The summed E-state index contributed by atoms with van der Waals surface area (Å²) in [5.74, 6) is -0.207. The highest BCUT2D eigenvalue weighted by Gasteiger charge is 2.28. The molecular formula is C16H30N2O3. The van der Waals surface area contributed by atoms with Crippen molar-refractivity contribution >= 4 is 12.0 Å². The van der Waals surface area contributed by atoms with Crippen molar-refractivity contribution in [2.75, 3.05) is 19.6 Å². The number of carboxylic acids is 1. The zero-order valence-electron chi connectivity index (χ0n) is 13.8. The van der Waals surface area contributed by atoms with E-state index in [0.29, 0.717) is 17.9 Å². The lowest BCUT2D eigenvalue weighted by atomic mass is 9.77. The number of rotatable bonds is 4. The maximum atomic E-state index is 12.2. The summed E-state index contributed by atoms with van der Waals surface area (Å²) >= 11 is 0. The molecule has 1 aliphatic rings. The van der Waals surface area contributed by atoms with Crippen LogP contribution in [0, 0.1) is 17.3 Å². The SMILES string of the molecule is CC(CNC(=O)N1CCCC(C(C)(C)C)CC1)CC(=O)O. The second-order valence-corrected chi connectivity index (χ2v) is 7.37. The normalized spacial score (nSPS) is 21.5. The van der Waals surface area contributed by atoms with Gasteiger partial charge in [-0.1, -0.05) is 27.7 Å². The lowest BCUT2D eigenvalue weighted by Gasteiger charge is -2.29. The number of aliphatic carboxylic acids is 1. The molecule has 0 aromatic heterocycles. The molecule has 0 aliphatic carbocycles. The molecule has 1 rings (SSSR count). The number of urea groups is 1. The minimum Gasteiger partial charge on any atom is -0.481 e. The molecule has 0 radical (unpaired) electrons. The van der Waals surface area contributed by atoms with E-state index in [4.69, 9.17) is 5.11 Å². The molecule has 5 heteroatoms. The van der Waals surface area contributed by atoms with Crippen molar-refractivity contribution < 1.29 is 14.7 Å². The van der Waals surface area contributed by atoms with Gasteiger partial charge in [-0.05, 0) is 36.5 Å². The number of nitrogens with zero attached hydrogens (tertiary/aromatic N) is 1. The van der Waals surface area contributed by atoms with Gasteiger partial charge in [0.05, 0.1) is 0 Å². The lowest BCUT2D eigenvalue weighted by molar-refractivity contribution is -0.137. The van der Waals surface area contributed by atoms with E-state index in [-0.39, 0.29) is 18.4 Å². The van der Waals surface area contributed by atoms with Crippen molar-refractivity contribution in [3.05, 3.63) is 0 Å². The fourth-order valence-electron chi connectivity index (χ4n) is 2.91. The zero-order chi connectivity index (χ0) is 16.0. The second kappa shape index (κ2) is 7.66. The smallest absolute Gasteiger partial charge is 0.317 e. The Morgan fingerprint density at radius 1 is 1.29 bits per heavy atom. The van der Waals surface area contributed by atoms with E-state index in [0.717, 1.165) is 25.9 Å². The Kier molecular flexibility index (Phi) is 6.49. The van der Waals surface area contributed by atoms with E-state index in [1.165, 1.54) is 6.42 Å². The monoisotopic (exact) mass is 298 g/mol. The predicted molar refractivity (Wildman–Crippen MR) is 83.2 cm³/mol. The van der Waals surface area contributed by atoms with E-state index in [1.54, 1.807) is 0 Å². The van der Waals surface area contributed by atoms with Gasteiger partial charge < -0.3 is 15.3 Å². The van der Waals surface area contributed by atoms with Crippen LogP contribution in [-0.2, 0) is 4.79 Å². The third kappa shape index (κ3) is 6.36. The van der Waals surface area contributed by atoms with Gasteiger partial charge in [0, 0.05) is 26.1 Å². The minimum absolute atomic E-state index is 0.0410. The Morgan fingerprint density at radius 2 is 1.95 bits per heavy atom. The number of carboxylic acid groups (broad SMARTS) is 1. The fourth-order valence-corrected chi connectivity index (χ4v) is 2.91. The van der Waals surface area contributed by atoms with E-state index in [2.05, 4.69) is 26.1 Å². The molecule has 0 aromatic rings. The molecule has 0 aromatic carbocycles. The Balaban J connectivity index is 2.40. The summed E-state index contributed by atoms with van der Waals surface area (Å²) in [7, 11) is 0. The first-order chi connectivity index (χ1) is 9.70. The van der Waals surface area contributed by atoms with Gasteiger partial charge in [-0.2, -0.15) is 0 Å². The molecule has 5 nitrogen and oxygen atoms in total. The van der Waals surface area contributed by atoms with Gasteiger partial charge in [0.1, 0.15) is 0 Å². The Bertz CT molecular complexity index is 363. The molecule has 122 valence electrons.